The van der Waals surface area contributed by atoms with Crippen molar-refractivity contribution in [3.05, 3.63) is 0 Å². The van der Waals surface area contributed by atoms with Crippen LogP contribution in [-0.4, -0.2) is 17.9 Å². The normalized spacial score (nSPS) is 9.45. The third-order valence-corrected chi connectivity index (χ3v) is 0.932. The van der Waals surface area contributed by atoms with Gasteiger partial charge in [0.05, 0.1) is 0 Å². The zero-order chi connectivity index (χ0) is 8.85. The van der Waals surface area contributed by atoms with Crippen LogP contribution in [0.15, 0.2) is 0 Å². The fraction of sp³-hybridized carbons (Fsp3) is 0.667. The Kier molecular flexibility index (Phi) is 4.21. The minimum absolute atomic E-state index is 0.0491. The van der Waals surface area contributed by atoms with E-state index in [-0.39, 0.29) is 18.4 Å². The third kappa shape index (κ3) is 5.35. The Morgan fingerprint density at radius 3 is 2.27 bits per heavy atom. The summed E-state index contributed by atoms with van der Waals surface area (Å²) in [7, 11) is 0. The fourth-order valence-corrected chi connectivity index (χ4v) is 0.570. The summed E-state index contributed by atoms with van der Waals surface area (Å²) in [6.45, 7) is 3.64. The monoisotopic (exact) mass is 159 g/mol. The van der Waals surface area contributed by atoms with Crippen LogP contribution >= 0.6 is 0 Å². The molecule has 0 aromatic carbocycles. The van der Waals surface area contributed by atoms with E-state index in [1.54, 1.807) is 0 Å². The molecule has 5 nitrogen and oxygen atoms in total. The van der Waals surface area contributed by atoms with Crippen molar-refractivity contribution in [2.24, 2.45) is 5.84 Å². The van der Waals surface area contributed by atoms with Crippen LogP contribution < -0.4 is 16.6 Å². The Balaban J connectivity index is 3.61. The van der Waals surface area contributed by atoms with E-state index in [1.807, 2.05) is 19.3 Å². The highest BCUT2D eigenvalue weighted by molar-refractivity contribution is 5.96. The van der Waals surface area contributed by atoms with Gasteiger partial charge in [-0.3, -0.25) is 15.0 Å². The molecule has 0 spiro atoms. The molecule has 0 unspecified atom stereocenters. The molecule has 0 saturated heterocycles. The van der Waals surface area contributed by atoms with E-state index >= 15 is 0 Å². The number of nitrogens with one attached hydrogen (secondary N) is 2. The fourth-order valence-electron chi connectivity index (χ4n) is 0.570. The molecule has 0 rings (SSSR count). The van der Waals surface area contributed by atoms with Crippen LogP contribution in [-0.2, 0) is 9.59 Å². The van der Waals surface area contributed by atoms with E-state index in [9.17, 15) is 9.59 Å². The summed E-state index contributed by atoms with van der Waals surface area (Å²) in [5.74, 6) is 3.97. The summed E-state index contributed by atoms with van der Waals surface area (Å²) in [5, 5.41) is 2.55. The summed E-state index contributed by atoms with van der Waals surface area (Å²) < 4.78 is 0. The van der Waals surface area contributed by atoms with E-state index in [2.05, 4.69) is 5.32 Å². The molecule has 0 aromatic rings. The number of nitrogens with two attached hydrogens (primary N) is 1. The van der Waals surface area contributed by atoms with Crippen LogP contribution in [0.25, 0.3) is 0 Å². The first-order chi connectivity index (χ1) is 5.06. The lowest BCUT2D eigenvalue weighted by Gasteiger charge is -2.06. The van der Waals surface area contributed by atoms with Crippen molar-refractivity contribution in [1.29, 1.82) is 0 Å². The van der Waals surface area contributed by atoms with Gasteiger partial charge in [-0.25, -0.2) is 5.84 Å². The molecule has 0 aromatic heterocycles. The molecule has 64 valence electrons. The molecule has 0 aliphatic heterocycles. The second kappa shape index (κ2) is 4.68. The highest BCUT2D eigenvalue weighted by Crippen LogP contribution is 1.82. The summed E-state index contributed by atoms with van der Waals surface area (Å²) >= 11 is 0. The zero-order valence-corrected chi connectivity index (χ0v) is 6.68. The van der Waals surface area contributed by atoms with Crippen molar-refractivity contribution in [3.8, 4) is 0 Å². The Morgan fingerprint density at radius 1 is 1.36 bits per heavy atom. The Hall–Kier alpha value is -1.10. The van der Waals surface area contributed by atoms with E-state index in [0.717, 1.165) is 0 Å². The van der Waals surface area contributed by atoms with Gasteiger partial charge in [0.15, 0.2) is 0 Å². The van der Waals surface area contributed by atoms with Gasteiger partial charge in [0.2, 0.25) is 11.8 Å². The maximum Gasteiger partial charge on any atom is 0.243 e. The SMILES string of the molecule is CC(C)NC(=O)CC(=O)NN. The quantitative estimate of drug-likeness (QED) is 0.211. The Labute approximate surface area is 65.3 Å². The first-order valence-electron chi connectivity index (χ1n) is 3.35. The van der Waals surface area contributed by atoms with Crippen LogP contribution in [0.2, 0.25) is 0 Å². The standard InChI is InChI=1S/C6H13N3O2/c1-4(2)8-5(10)3-6(11)9-7/h4H,3,7H2,1-2H3,(H,8,10)(H,9,11). The maximum absolute atomic E-state index is 10.8. The molecule has 0 atom stereocenters. The molecule has 0 heterocycles. The predicted octanol–water partition coefficient (Wildman–Crippen LogP) is -1.11. The predicted molar refractivity (Wildman–Crippen MR) is 40.2 cm³/mol. The summed E-state index contributed by atoms with van der Waals surface area (Å²) in [5.41, 5.74) is 1.87. The van der Waals surface area contributed by atoms with Crippen LogP contribution in [0, 0.1) is 0 Å². The van der Waals surface area contributed by atoms with E-state index in [1.165, 1.54) is 0 Å². The summed E-state index contributed by atoms with van der Waals surface area (Å²) in [4.78, 5) is 21.3. The summed E-state index contributed by atoms with van der Waals surface area (Å²) in [6.07, 6.45) is -0.214. The van der Waals surface area contributed by atoms with E-state index < -0.39 is 5.91 Å². The highest BCUT2D eigenvalue weighted by atomic mass is 16.2. The van der Waals surface area contributed by atoms with Crippen LogP contribution in [0.1, 0.15) is 20.3 Å². The molecular weight excluding hydrogens is 146 g/mol. The molecule has 11 heavy (non-hydrogen) atoms. The van der Waals surface area contributed by atoms with Crippen molar-refractivity contribution in [1.82, 2.24) is 10.7 Å². The number of hydrogen-bond donors (Lipinski definition) is 3. The number of hydrogen-bond acceptors (Lipinski definition) is 3. The smallest absolute Gasteiger partial charge is 0.243 e. The second-order valence-corrected chi connectivity index (χ2v) is 2.47. The highest BCUT2D eigenvalue weighted by Gasteiger charge is 2.07. The van der Waals surface area contributed by atoms with Gasteiger partial charge in [0.25, 0.3) is 0 Å². The van der Waals surface area contributed by atoms with E-state index in [0.29, 0.717) is 0 Å². The molecule has 0 fully saturated rings. The minimum Gasteiger partial charge on any atom is -0.353 e. The topological polar surface area (TPSA) is 84.2 Å². The van der Waals surface area contributed by atoms with Crippen molar-refractivity contribution >= 4 is 11.8 Å². The van der Waals surface area contributed by atoms with Crippen molar-refractivity contribution in [3.63, 3.8) is 0 Å². The van der Waals surface area contributed by atoms with Gasteiger partial charge >= 0.3 is 0 Å². The van der Waals surface area contributed by atoms with Gasteiger partial charge < -0.3 is 5.32 Å². The summed E-state index contributed by atoms with van der Waals surface area (Å²) in [6, 6.07) is 0.0491. The van der Waals surface area contributed by atoms with Crippen LogP contribution in [0.4, 0.5) is 0 Å². The number of hydrazine groups is 1. The number of amides is 2. The number of rotatable bonds is 3. The molecular formula is C6H13N3O2. The molecule has 0 saturated carbocycles. The first kappa shape index (κ1) is 9.90. The van der Waals surface area contributed by atoms with Gasteiger partial charge in [0.1, 0.15) is 6.42 Å². The van der Waals surface area contributed by atoms with Gasteiger partial charge in [-0.05, 0) is 13.8 Å². The third-order valence-electron chi connectivity index (χ3n) is 0.932. The molecule has 0 aliphatic rings. The largest absolute Gasteiger partial charge is 0.353 e. The molecule has 4 N–H and O–H groups in total. The van der Waals surface area contributed by atoms with Crippen molar-refractivity contribution in [2.45, 2.75) is 26.3 Å². The van der Waals surface area contributed by atoms with Crippen molar-refractivity contribution < 1.29 is 9.59 Å². The number of carbonyl (C=O) groups is 2. The maximum atomic E-state index is 10.8. The molecule has 0 bridgehead atoms. The number of carbonyl (C=O) groups excluding carboxylic acids is 2. The average molecular weight is 159 g/mol. The van der Waals surface area contributed by atoms with Crippen LogP contribution in [0.3, 0.4) is 0 Å². The molecule has 2 amide bonds. The van der Waals surface area contributed by atoms with Crippen LogP contribution in [0.5, 0.6) is 0 Å². The van der Waals surface area contributed by atoms with Gasteiger partial charge in [0, 0.05) is 6.04 Å². The van der Waals surface area contributed by atoms with Gasteiger partial charge in [-0.1, -0.05) is 0 Å². The first-order valence-corrected chi connectivity index (χ1v) is 3.35. The van der Waals surface area contributed by atoms with Crippen molar-refractivity contribution in [2.75, 3.05) is 0 Å². The lowest BCUT2D eigenvalue weighted by molar-refractivity contribution is -0.129. The Bertz CT molecular complexity index is 156. The molecule has 0 radical (unpaired) electrons. The second-order valence-electron chi connectivity index (χ2n) is 2.47. The van der Waals surface area contributed by atoms with E-state index in [4.69, 9.17) is 5.84 Å². The lowest BCUT2D eigenvalue weighted by atomic mass is 10.3. The van der Waals surface area contributed by atoms with Gasteiger partial charge in [-0.2, -0.15) is 0 Å². The minimum atomic E-state index is -0.483. The zero-order valence-electron chi connectivity index (χ0n) is 6.68. The molecule has 5 heteroatoms. The molecule has 0 aliphatic carbocycles. The van der Waals surface area contributed by atoms with Gasteiger partial charge in [-0.15, -0.1) is 0 Å². The Morgan fingerprint density at radius 2 is 1.91 bits per heavy atom. The lowest BCUT2D eigenvalue weighted by Crippen LogP contribution is -2.37. The average Bonchev–Trinajstić information content (AvgIpc) is 1.85.